The Morgan fingerprint density at radius 3 is 1.94 bits per heavy atom. The van der Waals surface area contributed by atoms with Crippen LogP contribution in [0.5, 0.6) is 0 Å². The van der Waals surface area contributed by atoms with Gasteiger partial charge in [0.25, 0.3) is 0 Å². The van der Waals surface area contributed by atoms with Crippen LogP contribution in [-0.4, -0.2) is 11.6 Å². The molecule has 0 saturated heterocycles. The first-order valence-electron chi connectivity index (χ1n) is 5.38. The standard InChI is InChI=1S/C14H12N2O2/c15-11-7-6-10(8-12(11)16)14(18)13(17)9-4-2-1-3-5-9/h1-8H,15-16H2. The molecule has 0 spiro atoms. The Hall–Kier alpha value is -2.62. The second kappa shape index (κ2) is 4.71. The van der Waals surface area contributed by atoms with Crippen LogP contribution in [0.2, 0.25) is 0 Å². The number of carbonyl (C=O) groups excluding carboxylic acids is 2. The number of Topliss-reactive ketones (excluding diaryl/α,β-unsaturated/α-hetero) is 2. The first-order valence-corrected chi connectivity index (χ1v) is 5.38. The van der Waals surface area contributed by atoms with Gasteiger partial charge in [-0.25, -0.2) is 0 Å². The van der Waals surface area contributed by atoms with Crippen LogP contribution in [0.25, 0.3) is 0 Å². The van der Waals surface area contributed by atoms with Gasteiger partial charge >= 0.3 is 0 Å². The maximum atomic E-state index is 12.0. The number of anilines is 2. The highest BCUT2D eigenvalue weighted by atomic mass is 16.2. The van der Waals surface area contributed by atoms with Gasteiger partial charge < -0.3 is 11.5 Å². The van der Waals surface area contributed by atoms with Gasteiger partial charge in [-0.15, -0.1) is 0 Å². The number of carbonyl (C=O) groups is 2. The van der Waals surface area contributed by atoms with Crippen LogP contribution in [0, 0.1) is 0 Å². The van der Waals surface area contributed by atoms with Gasteiger partial charge in [-0.2, -0.15) is 0 Å². The van der Waals surface area contributed by atoms with E-state index in [4.69, 9.17) is 11.5 Å². The molecule has 18 heavy (non-hydrogen) atoms. The summed E-state index contributed by atoms with van der Waals surface area (Å²) >= 11 is 0. The highest BCUT2D eigenvalue weighted by molar-refractivity contribution is 6.49. The monoisotopic (exact) mass is 240 g/mol. The predicted molar refractivity (Wildman–Crippen MR) is 70.4 cm³/mol. The van der Waals surface area contributed by atoms with E-state index >= 15 is 0 Å². The molecule has 0 atom stereocenters. The minimum absolute atomic E-state index is 0.246. The Morgan fingerprint density at radius 1 is 0.722 bits per heavy atom. The molecule has 0 bridgehead atoms. The van der Waals surface area contributed by atoms with Crippen LogP contribution in [0.3, 0.4) is 0 Å². The Labute approximate surface area is 104 Å². The maximum Gasteiger partial charge on any atom is 0.233 e. The second-order valence-electron chi connectivity index (χ2n) is 3.87. The molecule has 2 aromatic carbocycles. The lowest BCUT2D eigenvalue weighted by Gasteiger charge is -2.04. The summed E-state index contributed by atoms with van der Waals surface area (Å²) in [6, 6.07) is 12.8. The summed E-state index contributed by atoms with van der Waals surface area (Å²) in [6.45, 7) is 0. The van der Waals surface area contributed by atoms with E-state index in [9.17, 15) is 9.59 Å². The van der Waals surface area contributed by atoms with Crippen molar-refractivity contribution in [3.8, 4) is 0 Å². The molecule has 0 unspecified atom stereocenters. The quantitative estimate of drug-likeness (QED) is 0.487. The van der Waals surface area contributed by atoms with Crippen molar-refractivity contribution < 1.29 is 9.59 Å². The highest BCUT2D eigenvalue weighted by Gasteiger charge is 2.18. The van der Waals surface area contributed by atoms with Crippen LogP contribution < -0.4 is 11.5 Å². The third kappa shape index (κ3) is 2.22. The molecule has 0 saturated carbocycles. The number of hydrogen-bond acceptors (Lipinski definition) is 4. The third-order valence-electron chi connectivity index (χ3n) is 2.59. The van der Waals surface area contributed by atoms with Crippen molar-refractivity contribution in [2.24, 2.45) is 0 Å². The molecule has 2 aromatic rings. The van der Waals surface area contributed by atoms with Crippen molar-refractivity contribution in [1.29, 1.82) is 0 Å². The molecule has 0 fully saturated rings. The summed E-state index contributed by atoms with van der Waals surface area (Å²) in [5, 5.41) is 0. The van der Waals surface area contributed by atoms with Crippen molar-refractivity contribution >= 4 is 22.9 Å². The lowest BCUT2D eigenvalue weighted by Crippen LogP contribution is -2.14. The van der Waals surface area contributed by atoms with Gasteiger partial charge in [0.05, 0.1) is 11.4 Å². The van der Waals surface area contributed by atoms with Gasteiger partial charge in [-0.3, -0.25) is 9.59 Å². The average Bonchev–Trinajstić information content (AvgIpc) is 2.41. The first-order chi connectivity index (χ1) is 8.59. The van der Waals surface area contributed by atoms with Crippen molar-refractivity contribution in [1.82, 2.24) is 0 Å². The van der Waals surface area contributed by atoms with E-state index < -0.39 is 11.6 Å². The SMILES string of the molecule is Nc1ccc(C(=O)C(=O)c2ccccc2)cc1N. The minimum atomic E-state index is -0.590. The molecular weight excluding hydrogens is 228 g/mol. The zero-order chi connectivity index (χ0) is 13.1. The molecule has 0 aliphatic carbocycles. The molecule has 4 nitrogen and oxygen atoms in total. The molecular formula is C14H12N2O2. The molecule has 0 heterocycles. The van der Waals surface area contributed by atoms with Crippen LogP contribution in [0.1, 0.15) is 20.7 Å². The third-order valence-corrected chi connectivity index (χ3v) is 2.59. The highest BCUT2D eigenvalue weighted by Crippen LogP contribution is 2.17. The average molecular weight is 240 g/mol. The summed E-state index contributed by atoms with van der Waals surface area (Å²) in [7, 11) is 0. The lowest BCUT2D eigenvalue weighted by atomic mass is 10.0. The Morgan fingerprint density at radius 2 is 1.33 bits per heavy atom. The van der Waals surface area contributed by atoms with Crippen LogP contribution in [0.15, 0.2) is 48.5 Å². The molecule has 0 aliphatic rings. The number of hydrogen-bond donors (Lipinski definition) is 2. The van der Waals surface area contributed by atoms with Gasteiger partial charge in [-0.1, -0.05) is 30.3 Å². The first kappa shape index (κ1) is 11.9. The summed E-state index contributed by atoms with van der Waals surface area (Å²) in [5.41, 5.74) is 12.4. The fourth-order valence-electron chi connectivity index (χ4n) is 1.57. The number of nitrogen functional groups attached to an aromatic ring is 2. The molecule has 4 heteroatoms. The van der Waals surface area contributed by atoms with E-state index in [0.717, 1.165) is 0 Å². The van der Waals surface area contributed by atoms with Crippen LogP contribution in [0.4, 0.5) is 11.4 Å². The van der Waals surface area contributed by atoms with E-state index in [1.807, 2.05) is 0 Å². The lowest BCUT2D eigenvalue weighted by molar-refractivity contribution is 0.0817. The smallest absolute Gasteiger partial charge is 0.233 e. The largest absolute Gasteiger partial charge is 0.397 e. The summed E-state index contributed by atoms with van der Waals surface area (Å²) in [5.74, 6) is -1.15. The van der Waals surface area contributed by atoms with Gasteiger partial charge in [0.1, 0.15) is 0 Å². The molecule has 0 radical (unpaired) electrons. The van der Waals surface area contributed by atoms with Crippen molar-refractivity contribution in [3.05, 3.63) is 59.7 Å². The second-order valence-corrected chi connectivity index (χ2v) is 3.87. The van der Waals surface area contributed by atoms with E-state index in [1.54, 1.807) is 30.3 Å². The van der Waals surface area contributed by atoms with Crippen molar-refractivity contribution in [2.45, 2.75) is 0 Å². The van der Waals surface area contributed by atoms with Gasteiger partial charge in [0.15, 0.2) is 0 Å². The molecule has 90 valence electrons. The van der Waals surface area contributed by atoms with E-state index in [-0.39, 0.29) is 5.56 Å². The van der Waals surface area contributed by atoms with Crippen LogP contribution >= 0.6 is 0 Å². The Kier molecular flexibility index (Phi) is 3.10. The molecule has 0 aromatic heterocycles. The number of ketones is 2. The predicted octanol–water partition coefficient (Wildman–Crippen LogP) is 1.92. The van der Waals surface area contributed by atoms with Gasteiger partial charge in [-0.05, 0) is 18.2 Å². The molecule has 4 N–H and O–H groups in total. The number of nitrogens with two attached hydrogens (primary N) is 2. The molecule has 0 aliphatic heterocycles. The summed E-state index contributed by atoms with van der Waals surface area (Å²) in [6.07, 6.45) is 0. The van der Waals surface area contributed by atoms with E-state index in [2.05, 4.69) is 0 Å². The van der Waals surface area contributed by atoms with Gasteiger partial charge in [0.2, 0.25) is 11.6 Å². The fourth-order valence-corrected chi connectivity index (χ4v) is 1.57. The number of benzene rings is 2. The van der Waals surface area contributed by atoms with E-state index in [1.165, 1.54) is 18.2 Å². The van der Waals surface area contributed by atoms with E-state index in [0.29, 0.717) is 16.9 Å². The summed E-state index contributed by atoms with van der Waals surface area (Å²) < 4.78 is 0. The maximum absolute atomic E-state index is 12.0. The van der Waals surface area contributed by atoms with Crippen molar-refractivity contribution in [2.75, 3.05) is 11.5 Å². The Bertz CT molecular complexity index is 606. The fraction of sp³-hybridized carbons (Fsp3) is 0. The van der Waals surface area contributed by atoms with Gasteiger partial charge in [0, 0.05) is 11.1 Å². The zero-order valence-corrected chi connectivity index (χ0v) is 9.59. The van der Waals surface area contributed by atoms with Crippen LogP contribution in [-0.2, 0) is 0 Å². The normalized spacial score (nSPS) is 10.0. The molecule has 2 rings (SSSR count). The van der Waals surface area contributed by atoms with Crippen molar-refractivity contribution in [3.63, 3.8) is 0 Å². The number of rotatable bonds is 3. The Balaban J connectivity index is 2.32. The zero-order valence-electron chi connectivity index (χ0n) is 9.59. The summed E-state index contributed by atoms with van der Waals surface area (Å²) in [4.78, 5) is 23.9. The topological polar surface area (TPSA) is 86.2 Å². The minimum Gasteiger partial charge on any atom is -0.397 e. The molecule has 0 amide bonds.